The number of benzene rings is 1. The molecular formula is C19H23Cl2N5O. The molecule has 2 aromatic heterocycles. The molecule has 2 N–H and O–H groups in total. The molecule has 1 atom stereocenters. The first-order valence-corrected chi connectivity index (χ1v) is 8.60. The van der Waals surface area contributed by atoms with Gasteiger partial charge in [-0.2, -0.15) is 0 Å². The summed E-state index contributed by atoms with van der Waals surface area (Å²) in [5.41, 5.74) is 2.81. The van der Waals surface area contributed by atoms with Crippen LogP contribution in [0, 0.1) is 11.8 Å². The SMILES string of the molecule is CC(C(=O)Nc1ccc(Cc2nnc3ccccn23)cc1)C1CNC1.Cl.Cl. The third-order valence-electron chi connectivity index (χ3n) is 4.90. The van der Waals surface area contributed by atoms with Crippen molar-refractivity contribution in [3.8, 4) is 0 Å². The third kappa shape index (κ3) is 4.58. The molecule has 3 heterocycles. The zero-order valence-electron chi connectivity index (χ0n) is 15.0. The average Bonchev–Trinajstić information content (AvgIpc) is 2.98. The van der Waals surface area contributed by atoms with Gasteiger partial charge in [-0.3, -0.25) is 9.20 Å². The van der Waals surface area contributed by atoms with Gasteiger partial charge in [0.2, 0.25) is 5.91 Å². The molecule has 1 fully saturated rings. The number of rotatable bonds is 5. The van der Waals surface area contributed by atoms with Crippen LogP contribution < -0.4 is 10.6 Å². The van der Waals surface area contributed by atoms with E-state index in [4.69, 9.17) is 0 Å². The summed E-state index contributed by atoms with van der Waals surface area (Å²) in [7, 11) is 0. The van der Waals surface area contributed by atoms with Crippen molar-refractivity contribution in [1.82, 2.24) is 19.9 Å². The fourth-order valence-corrected chi connectivity index (χ4v) is 3.03. The standard InChI is InChI=1S/C19H21N5O.2ClH/c1-13(15-11-20-12-15)19(25)21-16-7-5-14(6-8-16)10-18-23-22-17-4-2-3-9-24(17)18;;/h2-9,13,15,20H,10-12H2,1H3,(H,21,25);2*1H. The van der Waals surface area contributed by atoms with Crippen LogP contribution in [0.3, 0.4) is 0 Å². The first-order chi connectivity index (χ1) is 12.2. The van der Waals surface area contributed by atoms with Gasteiger partial charge in [-0.05, 0) is 48.8 Å². The smallest absolute Gasteiger partial charge is 0.227 e. The first kappa shape index (κ1) is 21.2. The van der Waals surface area contributed by atoms with Gasteiger partial charge in [0.15, 0.2) is 5.65 Å². The fourth-order valence-electron chi connectivity index (χ4n) is 3.03. The number of carbonyl (C=O) groups is 1. The molecule has 0 radical (unpaired) electrons. The van der Waals surface area contributed by atoms with E-state index in [0.717, 1.165) is 35.8 Å². The highest BCUT2D eigenvalue weighted by atomic mass is 35.5. The number of amides is 1. The van der Waals surface area contributed by atoms with Crippen LogP contribution in [0.2, 0.25) is 0 Å². The van der Waals surface area contributed by atoms with Crippen LogP contribution in [0.25, 0.3) is 5.65 Å². The molecule has 3 aromatic rings. The Labute approximate surface area is 170 Å². The number of pyridine rings is 1. The number of carbonyl (C=O) groups excluding carboxylic acids is 1. The molecule has 1 unspecified atom stereocenters. The van der Waals surface area contributed by atoms with Crippen LogP contribution in [0.5, 0.6) is 0 Å². The summed E-state index contributed by atoms with van der Waals surface area (Å²) >= 11 is 0. The predicted molar refractivity (Wildman–Crippen MR) is 111 cm³/mol. The van der Waals surface area contributed by atoms with Crippen molar-refractivity contribution in [3.05, 3.63) is 60.0 Å². The van der Waals surface area contributed by atoms with Crippen molar-refractivity contribution in [1.29, 1.82) is 0 Å². The lowest BCUT2D eigenvalue weighted by Gasteiger charge is -2.31. The molecule has 27 heavy (non-hydrogen) atoms. The second kappa shape index (κ2) is 9.17. The van der Waals surface area contributed by atoms with Crippen LogP contribution in [0.15, 0.2) is 48.7 Å². The molecule has 1 amide bonds. The lowest BCUT2D eigenvalue weighted by Crippen LogP contribution is -2.48. The molecule has 4 rings (SSSR count). The van der Waals surface area contributed by atoms with Gasteiger partial charge in [0.25, 0.3) is 0 Å². The number of anilines is 1. The van der Waals surface area contributed by atoms with Crippen molar-refractivity contribution < 1.29 is 4.79 Å². The number of hydrogen-bond donors (Lipinski definition) is 2. The summed E-state index contributed by atoms with van der Waals surface area (Å²) in [6.07, 6.45) is 2.67. The Kier molecular flexibility index (Phi) is 7.18. The summed E-state index contributed by atoms with van der Waals surface area (Å²) in [6.45, 7) is 3.85. The summed E-state index contributed by atoms with van der Waals surface area (Å²) in [5, 5.41) is 14.6. The Morgan fingerprint density at radius 1 is 1.19 bits per heavy atom. The molecule has 0 bridgehead atoms. The minimum atomic E-state index is 0. The van der Waals surface area contributed by atoms with E-state index in [0.29, 0.717) is 12.3 Å². The molecule has 1 aliphatic rings. The monoisotopic (exact) mass is 407 g/mol. The minimum Gasteiger partial charge on any atom is -0.326 e. The number of nitrogens with zero attached hydrogens (tertiary/aromatic N) is 3. The van der Waals surface area contributed by atoms with E-state index >= 15 is 0 Å². The maximum absolute atomic E-state index is 12.3. The number of halogens is 2. The van der Waals surface area contributed by atoms with Gasteiger partial charge in [0.1, 0.15) is 5.82 Å². The number of hydrogen-bond acceptors (Lipinski definition) is 4. The zero-order chi connectivity index (χ0) is 17.2. The van der Waals surface area contributed by atoms with E-state index < -0.39 is 0 Å². The lowest BCUT2D eigenvalue weighted by atomic mass is 9.88. The van der Waals surface area contributed by atoms with E-state index in [1.165, 1.54) is 0 Å². The highest BCUT2D eigenvalue weighted by Gasteiger charge is 2.28. The van der Waals surface area contributed by atoms with Crippen molar-refractivity contribution in [3.63, 3.8) is 0 Å². The molecular weight excluding hydrogens is 385 g/mol. The maximum atomic E-state index is 12.3. The van der Waals surface area contributed by atoms with Gasteiger partial charge in [0, 0.05) is 24.2 Å². The second-order valence-electron chi connectivity index (χ2n) is 6.62. The number of fused-ring (bicyclic) bond motifs is 1. The topological polar surface area (TPSA) is 71.3 Å². The predicted octanol–water partition coefficient (Wildman–Crippen LogP) is 2.96. The van der Waals surface area contributed by atoms with E-state index in [1.807, 2.05) is 60.0 Å². The maximum Gasteiger partial charge on any atom is 0.227 e. The van der Waals surface area contributed by atoms with Crippen molar-refractivity contribution in [2.24, 2.45) is 11.8 Å². The molecule has 1 aromatic carbocycles. The third-order valence-corrected chi connectivity index (χ3v) is 4.90. The quantitative estimate of drug-likeness (QED) is 0.681. The molecule has 8 heteroatoms. The molecule has 144 valence electrons. The average molecular weight is 408 g/mol. The largest absolute Gasteiger partial charge is 0.326 e. The van der Waals surface area contributed by atoms with Gasteiger partial charge in [0.05, 0.1) is 0 Å². The van der Waals surface area contributed by atoms with Gasteiger partial charge in [-0.1, -0.05) is 25.1 Å². The molecule has 0 saturated carbocycles. The summed E-state index contributed by atoms with van der Waals surface area (Å²) in [4.78, 5) is 12.3. The Morgan fingerprint density at radius 3 is 2.59 bits per heavy atom. The Hall–Kier alpha value is -2.15. The molecule has 0 aliphatic carbocycles. The molecule has 1 aliphatic heterocycles. The highest BCUT2D eigenvalue weighted by molar-refractivity contribution is 5.92. The van der Waals surface area contributed by atoms with Gasteiger partial charge >= 0.3 is 0 Å². The van der Waals surface area contributed by atoms with Crippen LogP contribution in [0.4, 0.5) is 5.69 Å². The van der Waals surface area contributed by atoms with E-state index in [1.54, 1.807) is 0 Å². The Morgan fingerprint density at radius 2 is 1.93 bits per heavy atom. The van der Waals surface area contributed by atoms with E-state index in [2.05, 4.69) is 20.8 Å². The summed E-state index contributed by atoms with van der Waals surface area (Å²) in [5.74, 6) is 1.46. The number of aromatic nitrogens is 3. The molecule has 1 saturated heterocycles. The Balaban J connectivity index is 0.00000131. The second-order valence-corrected chi connectivity index (χ2v) is 6.62. The van der Waals surface area contributed by atoms with Crippen LogP contribution in [-0.4, -0.2) is 33.6 Å². The van der Waals surface area contributed by atoms with Crippen LogP contribution in [0.1, 0.15) is 18.3 Å². The minimum absolute atomic E-state index is 0. The van der Waals surface area contributed by atoms with E-state index in [9.17, 15) is 4.79 Å². The molecule has 0 spiro atoms. The highest BCUT2D eigenvalue weighted by Crippen LogP contribution is 2.19. The molecule has 6 nitrogen and oxygen atoms in total. The van der Waals surface area contributed by atoms with E-state index in [-0.39, 0.29) is 36.6 Å². The van der Waals surface area contributed by atoms with Crippen LogP contribution in [-0.2, 0) is 11.2 Å². The zero-order valence-corrected chi connectivity index (χ0v) is 16.6. The summed E-state index contributed by atoms with van der Waals surface area (Å²) in [6, 6.07) is 13.8. The van der Waals surface area contributed by atoms with Gasteiger partial charge in [-0.25, -0.2) is 0 Å². The van der Waals surface area contributed by atoms with Crippen LogP contribution >= 0.6 is 24.8 Å². The summed E-state index contributed by atoms with van der Waals surface area (Å²) < 4.78 is 1.99. The first-order valence-electron chi connectivity index (χ1n) is 8.60. The van der Waals surface area contributed by atoms with Gasteiger partial charge < -0.3 is 10.6 Å². The normalized spacial score (nSPS) is 14.6. The van der Waals surface area contributed by atoms with Gasteiger partial charge in [-0.15, -0.1) is 35.0 Å². The Bertz CT molecular complexity index is 893. The lowest BCUT2D eigenvalue weighted by molar-refractivity contribution is -0.121. The van der Waals surface area contributed by atoms with Crippen molar-refractivity contribution >= 4 is 42.1 Å². The number of nitrogens with one attached hydrogen (secondary N) is 2. The van der Waals surface area contributed by atoms with Crippen molar-refractivity contribution in [2.45, 2.75) is 13.3 Å². The fraction of sp³-hybridized carbons (Fsp3) is 0.316. The van der Waals surface area contributed by atoms with Crippen molar-refractivity contribution in [2.75, 3.05) is 18.4 Å².